The first-order valence-corrected chi connectivity index (χ1v) is 15.7. The average molecular weight is 869 g/mol. The monoisotopic (exact) mass is 868 g/mol. The molecule has 46 heavy (non-hydrogen) atoms. The van der Waals surface area contributed by atoms with Crippen LogP contribution in [0.5, 0.6) is 0 Å². The summed E-state index contributed by atoms with van der Waals surface area (Å²) in [4.78, 5) is 68.1. The number of nitrogens with one attached hydrogen (secondary N) is 1. The number of ether oxygens (including phenoxy) is 5. The molecule has 15 heteroatoms. The Hall–Kier alpha value is -1.37. The topological polar surface area (TPSA) is 193 Å². The molecule has 14 nitrogen and oxygen atoms in total. The van der Waals surface area contributed by atoms with Crippen molar-refractivity contribution in [1.82, 2.24) is 10.2 Å². The Morgan fingerprint density at radius 2 is 1.67 bits per heavy atom. The number of hydrogen-bond acceptors (Lipinski definition) is 12. The Morgan fingerprint density at radius 3 is 2.22 bits per heavy atom. The van der Waals surface area contributed by atoms with Crippen LogP contribution in [0.3, 0.4) is 0 Å². The number of hydrogen-bond donors (Lipinski definition) is 3. The SMILES string of the molecule is CC[C@H]1OC(=O)[C@H](C)C(=O)[C@H](C)[C@@H](O[C@@H]2O[C@H](C)C[C@H](N(C)C)[C@H]2O)[C@](C)(OC(N)=O)C[C@@H](C)C(=O)[C@H](C)[C@H]2NC(=O)O[C@@]21C.[Ac]. The van der Waals surface area contributed by atoms with Crippen molar-refractivity contribution in [3.05, 3.63) is 0 Å². The summed E-state index contributed by atoms with van der Waals surface area (Å²) in [5.74, 6) is -5.86. The van der Waals surface area contributed by atoms with Gasteiger partial charge in [0.25, 0.3) is 0 Å². The smallest absolute Gasteiger partial charge is 0.408 e. The molecule has 259 valence electrons. The van der Waals surface area contributed by atoms with Crippen LogP contribution in [0.15, 0.2) is 0 Å². The van der Waals surface area contributed by atoms with Crippen LogP contribution in [0, 0.1) is 67.7 Å². The molecule has 3 aliphatic rings. The summed E-state index contributed by atoms with van der Waals surface area (Å²) in [7, 11) is 3.62. The van der Waals surface area contributed by atoms with E-state index in [9.17, 15) is 29.1 Å². The first-order valence-electron chi connectivity index (χ1n) is 15.7. The number of nitrogens with zero attached hydrogens (tertiary/aromatic N) is 1. The van der Waals surface area contributed by atoms with Gasteiger partial charge in [-0.3, -0.25) is 14.4 Å². The van der Waals surface area contributed by atoms with E-state index in [2.05, 4.69) is 5.32 Å². The molecule has 0 aromatic heterocycles. The van der Waals surface area contributed by atoms with Gasteiger partial charge in [-0.1, -0.05) is 27.7 Å². The number of cyclic esters (lactones) is 1. The Bertz CT molecular complexity index is 1160. The molecule has 0 aromatic rings. The van der Waals surface area contributed by atoms with Gasteiger partial charge in [-0.15, -0.1) is 0 Å². The number of fused-ring (bicyclic) bond motifs is 1. The van der Waals surface area contributed by atoms with Crippen LogP contribution in [0.4, 0.5) is 9.59 Å². The molecule has 3 rings (SSSR count). The molecule has 1 radical (unpaired) electrons. The molecule has 0 spiro atoms. The van der Waals surface area contributed by atoms with Gasteiger partial charge in [0, 0.05) is 67.9 Å². The summed E-state index contributed by atoms with van der Waals surface area (Å²) in [6.45, 7) is 12.8. The molecule has 0 unspecified atom stereocenters. The summed E-state index contributed by atoms with van der Waals surface area (Å²) >= 11 is 0. The zero-order valence-electron chi connectivity index (χ0n) is 28.6. The molecule has 0 saturated carbocycles. The quantitative estimate of drug-likeness (QED) is 0.207. The molecule has 4 N–H and O–H groups in total. The fraction of sp³-hybridized carbons (Fsp3) is 0.839. The number of Topliss-reactive ketones (excluding diaryl/α,β-unsaturated/α-hetero) is 2. The number of rotatable bonds is 5. The second kappa shape index (κ2) is 15.9. The maximum atomic E-state index is 14.0. The van der Waals surface area contributed by atoms with Crippen molar-refractivity contribution in [3.63, 3.8) is 0 Å². The number of amides is 2. The number of likely N-dealkylation sites (N-methyl/N-ethyl adjacent to an activating group) is 1. The minimum absolute atomic E-state index is 0. The first-order chi connectivity index (χ1) is 20.8. The zero-order valence-corrected chi connectivity index (χ0v) is 33.3. The summed E-state index contributed by atoms with van der Waals surface area (Å²) < 4.78 is 29.5. The number of alkyl carbamates (subject to hydrolysis) is 1. The Kier molecular flexibility index (Phi) is 14.1. The molecule has 3 aliphatic heterocycles. The van der Waals surface area contributed by atoms with E-state index in [1.807, 2.05) is 25.9 Å². The Labute approximate surface area is 307 Å². The molecule has 2 amide bonds. The van der Waals surface area contributed by atoms with Crippen LogP contribution in [0.2, 0.25) is 0 Å². The predicted octanol–water partition coefficient (Wildman–Crippen LogP) is 1.93. The Balaban J connectivity index is 0.00000736. The summed E-state index contributed by atoms with van der Waals surface area (Å²) in [6, 6.07) is -1.23. The molecular formula is C31H51AcN3O11. The van der Waals surface area contributed by atoms with Crippen molar-refractivity contribution >= 4 is 29.7 Å². The number of nitrogens with two attached hydrogens (primary N) is 1. The van der Waals surface area contributed by atoms with Crippen LogP contribution in [-0.2, 0) is 38.1 Å². The number of esters is 1. The van der Waals surface area contributed by atoms with Gasteiger partial charge >= 0.3 is 18.2 Å². The van der Waals surface area contributed by atoms with Crippen LogP contribution >= 0.6 is 0 Å². The van der Waals surface area contributed by atoms with Gasteiger partial charge in [-0.05, 0) is 61.1 Å². The number of ketones is 2. The normalized spacial score (nSPS) is 42.6. The zero-order chi connectivity index (χ0) is 34.2. The number of aliphatic hydroxyl groups excluding tert-OH is 1. The first kappa shape index (κ1) is 40.8. The van der Waals surface area contributed by atoms with E-state index in [1.54, 1.807) is 27.7 Å². The van der Waals surface area contributed by atoms with Crippen molar-refractivity contribution < 1.29 is 96.8 Å². The molecular weight excluding hydrogens is 817 g/mol. The van der Waals surface area contributed by atoms with E-state index in [0.29, 0.717) is 6.42 Å². The van der Waals surface area contributed by atoms with Crippen molar-refractivity contribution in [1.29, 1.82) is 0 Å². The standard InChI is InChI=1S/C31H51N3O11.Ac/c1-11-20-31(8)24(33-29(40)45-31)16(4)21(35)14(2)13-30(7,44-28(32)39)25(17(5)22(36)18(6)26(38)42-20)43-27-23(37)19(34(9)10)12-15(3)41-27;/h14-20,23-25,27,37H,11-13H2,1-10H3,(H2,32,39)(H,33,40);/t14-,15-,16+,17+,18-,19+,20-,23-,24-,25-,27+,30-,31-;/m1./s1. The van der Waals surface area contributed by atoms with E-state index in [0.717, 1.165) is 0 Å². The molecule has 13 atom stereocenters. The fourth-order valence-corrected chi connectivity index (χ4v) is 7.32. The third-order valence-electron chi connectivity index (χ3n) is 9.79. The van der Waals surface area contributed by atoms with Gasteiger partial charge in [0.15, 0.2) is 17.7 Å². The van der Waals surface area contributed by atoms with Gasteiger partial charge in [0.05, 0.1) is 12.1 Å². The third-order valence-corrected chi connectivity index (χ3v) is 9.79. The molecule has 3 fully saturated rings. The van der Waals surface area contributed by atoms with Crippen LogP contribution in [0.1, 0.15) is 74.7 Å². The van der Waals surface area contributed by atoms with Crippen molar-refractivity contribution in [2.45, 2.75) is 129 Å². The van der Waals surface area contributed by atoms with Gasteiger partial charge in [0.1, 0.15) is 35.6 Å². The van der Waals surface area contributed by atoms with Gasteiger partial charge in [-0.2, -0.15) is 0 Å². The third kappa shape index (κ3) is 8.43. The second-order valence-electron chi connectivity index (χ2n) is 13.6. The van der Waals surface area contributed by atoms with E-state index < -0.39 is 89.5 Å². The number of carbonyl (C=O) groups excluding carboxylic acids is 5. The van der Waals surface area contributed by atoms with E-state index in [-0.39, 0.29) is 74.8 Å². The van der Waals surface area contributed by atoms with Crippen LogP contribution in [-0.4, -0.2) is 108 Å². The summed E-state index contributed by atoms with van der Waals surface area (Å²) in [5, 5.41) is 14.0. The number of carbonyl (C=O) groups is 5. The molecule has 0 aromatic carbocycles. The minimum atomic E-state index is -1.72. The second-order valence-corrected chi connectivity index (χ2v) is 13.6. The molecule has 0 aliphatic carbocycles. The largest absolute Gasteiger partial charge is 0.458 e. The maximum absolute atomic E-state index is 14.0. The predicted molar refractivity (Wildman–Crippen MR) is 160 cm³/mol. The van der Waals surface area contributed by atoms with Gasteiger partial charge in [0.2, 0.25) is 0 Å². The van der Waals surface area contributed by atoms with E-state index >= 15 is 0 Å². The van der Waals surface area contributed by atoms with Crippen molar-refractivity contribution in [2.75, 3.05) is 14.1 Å². The van der Waals surface area contributed by atoms with Gasteiger partial charge in [-0.25, -0.2) is 9.59 Å². The van der Waals surface area contributed by atoms with Gasteiger partial charge < -0.3 is 44.7 Å². The van der Waals surface area contributed by atoms with Crippen molar-refractivity contribution in [3.8, 4) is 0 Å². The van der Waals surface area contributed by atoms with E-state index in [4.69, 9.17) is 29.4 Å². The molecule has 0 bridgehead atoms. The van der Waals surface area contributed by atoms with Crippen LogP contribution < -0.4 is 11.1 Å². The van der Waals surface area contributed by atoms with E-state index in [1.165, 1.54) is 20.8 Å². The summed E-state index contributed by atoms with van der Waals surface area (Å²) in [5.41, 5.74) is 2.40. The number of primary amides is 1. The minimum Gasteiger partial charge on any atom is -0.458 e. The summed E-state index contributed by atoms with van der Waals surface area (Å²) in [6.07, 6.45) is -6.38. The fourth-order valence-electron chi connectivity index (χ4n) is 7.32. The number of aliphatic hydroxyl groups is 1. The Morgan fingerprint density at radius 1 is 1.07 bits per heavy atom. The average Bonchev–Trinajstić information content (AvgIpc) is 3.26. The molecule has 3 heterocycles. The van der Waals surface area contributed by atoms with Crippen LogP contribution in [0.25, 0.3) is 0 Å². The van der Waals surface area contributed by atoms with Crippen molar-refractivity contribution in [2.24, 2.45) is 29.4 Å². The molecule has 3 saturated heterocycles. The maximum Gasteiger partial charge on any atom is 0.408 e.